The zero-order chi connectivity index (χ0) is 22.4. The van der Waals surface area contributed by atoms with Crippen molar-refractivity contribution in [1.29, 1.82) is 0 Å². The molecule has 1 atom stereocenters. The molecule has 0 spiro atoms. The van der Waals surface area contributed by atoms with Gasteiger partial charge in [0, 0.05) is 13.0 Å². The first-order valence-corrected chi connectivity index (χ1v) is 10.1. The smallest absolute Gasteiger partial charge is 0.308 e. The highest BCUT2D eigenvalue weighted by molar-refractivity contribution is 5.80. The van der Waals surface area contributed by atoms with E-state index in [1.165, 1.54) is 16.7 Å². The van der Waals surface area contributed by atoms with Gasteiger partial charge in [0.05, 0.1) is 18.9 Å². The minimum Gasteiger partial charge on any atom is -0.481 e. The second kappa shape index (κ2) is 13.9. The number of aryl methyl sites for hydroxylation is 1. The van der Waals surface area contributed by atoms with Crippen molar-refractivity contribution in [1.82, 2.24) is 5.32 Å². The summed E-state index contributed by atoms with van der Waals surface area (Å²) in [6.45, 7) is 6.25. The van der Waals surface area contributed by atoms with Crippen LogP contribution >= 0.6 is 0 Å². The van der Waals surface area contributed by atoms with Crippen LogP contribution in [0.2, 0.25) is 0 Å². The summed E-state index contributed by atoms with van der Waals surface area (Å²) in [4.78, 5) is 32.6. The van der Waals surface area contributed by atoms with Gasteiger partial charge in [0.1, 0.15) is 0 Å². The fourth-order valence-corrected chi connectivity index (χ4v) is 2.52. The lowest BCUT2D eigenvalue weighted by Crippen LogP contribution is -2.27. The number of hydrogen-bond acceptors (Lipinski definition) is 4. The number of carbonyl (C=O) groups excluding carboxylic acids is 2. The lowest BCUT2D eigenvalue weighted by Gasteiger charge is -2.10. The van der Waals surface area contributed by atoms with Crippen molar-refractivity contribution in [2.45, 2.75) is 40.0 Å². The normalized spacial score (nSPS) is 10.9. The Labute approximate surface area is 178 Å². The number of carbonyl (C=O) groups is 3. The van der Waals surface area contributed by atoms with Crippen molar-refractivity contribution < 1.29 is 24.2 Å². The number of benzene rings is 2. The minimum atomic E-state index is -1.000. The Balaban J connectivity index is 0.000000308. The van der Waals surface area contributed by atoms with Crippen LogP contribution in [0.5, 0.6) is 0 Å². The molecular weight excluding hydrogens is 382 g/mol. The maximum absolute atomic E-state index is 11.2. The summed E-state index contributed by atoms with van der Waals surface area (Å²) in [6, 6.07) is 19.0. The fourth-order valence-electron chi connectivity index (χ4n) is 2.52. The van der Waals surface area contributed by atoms with E-state index in [9.17, 15) is 14.4 Å². The van der Waals surface area contributed by atoms with Crippen molar-refractivity contribution in [3.8, 4) is 11.1 Å². The zero-order valence-corrected chi connectivity index (χ0v) is 17.9. The van der Waals surface area contributed by atoms with Gasteiger partial charge in [-0.05, 0) is 31.4 Å². The van der Waals surface area contributed by atoms with E-state index in [4.69, 9.17) is 9.84 Å². The largest absolute Gasteiger partial charge is 0.481 e. The summed E-state index contributed by atoms with van der Waals surface area (Å²) in [5.74, 6) is -1.87. The third-order valence-corrected chi connectivity index (χ3v) is 4.31. The molecule has 0 saturated carbocycles. The van der Waals surface area contributed by atoms with Gasteiger partial charge >= 0.3 is 11.9 Å². The molecule has 1 amide bonds. The molecular formula is C24H31NO5. The maximum Gasteiger partial charge on any atom is 0.308 e. The Morgan fingerprint density at radius 3 is 2.13 bits per heavy atom. The van der Waals surface area contributed by atoms with Gasteiger partial charge in [-0.1, -0.05) is 67.1 Å². The molecule has 30 heavy (non-hydrogen) atoms. The molecule has 0 radical (unpaired) electrons. The lowest BCUT2D eigenvalue weighted by molar-refractivity contribution is -0.147. The Bertz CT molecular complexity index is 787. The summed E-state index contributed by atoms with van der Waals surface area (Å²) in [6.07, 6.45) is 0.264. The topological polar surface area (TPSA) is 92.7 Å². The summed E-state index contributed by atoms with van der Waals surface area (Å²) in [5, 5.41) is 10.9. The van der Waals surface area contributed by atoms with Crippen molar-refractivity contribution in [2.24, 2.45) is 5.92 Å². The molecule has 0 aliphatic carbocycles. The van der Waals surface area contributed by atoms with Crippen molar-refractivity contribution in [3.05, 3.63) is 60.2 Å². The van der Waals surface area contributed by atoms with Gasteiger partial charge < -0.3 is 15.2 Å². The minimum absolute atomic E-state index is 0.0386. The Morgan fingerprint density at radius 1 is 0.967 bits per heavy atom. The van der Waals surface area contributed by atoms with Crippen molar-refractivity contribution >= 4 is 17.8 Å². The Kier molecular flexibility index (Phi) is 11.6. The first kappa shape index (κ1) is 24.9. The molecule has 162 valence electrons. The summed E-state index contributed by atoms with van der Waals surface area (Å²) < 4.78 is 4.81. The van der Waals surface area contributed by atoms with Gasteiger partial charge in [0.15, 0.2) is 0 Å². The number of hydrogen-bond donors (Lipinski definition) is 2. The second-order valence-corrected chi connectivity index (χ2v) is 6.92. The molecule has 0 saturated heterocycles. The molecule has 6 heteroatoms. The van der Waals surface area contributed by atoms with Gasteiger partial charge in [0.2, 0.25) is 5.91 Å². The number of rotatable bonds is 9. The highest BCUT2D eigenvalue weighted by Crippen LogP contribution is 2.18. The van der Waals surface area contributed by atoms with E-state index in [1.54, 1.807) is 13.8 Å². The molecule has 0 bridgehead atoms. The van der Waals surface area contributed by atoms with Crippen LogP contribution < -0.4 is 5.32 Å². The van der Waals surface area contributed by atoms with E-state index < -0.39 is 5.97 Å². The van der Waals surface area contributed by atoms with Gasteiger partial charge in [-0.3, -0.25) is 14.4 Å². The molecule has 0 fully saturated rings. The molecule has 2 rings (SSSR count). The van der Waals surface area contributed by atoms with Crippen molar-refractivity contribution in [3.63, 3.8) is 0 Å². The second-order valence-electron chi connectivity index (χ2n) is 6.92. The summed E-state index contributed by atoms with van der Waals surface area (Å²) >= 11 is 0. The van der Waals surface area contributed by atoms with Gasteiger partial charge in [-0.2, -0.15) is 0 Å². The van der Waals surface area contributed by atoms with Gasteiger partial charge in [-0.15, -0.1) is 0 Å². The number of nitrogens with one attached hydrogen (secondary N) is 1. The number of aliphatic carboxylic acids is 1. The van der Waals surface area contributed by atoms with E-state index in [1.807, 2.05) is 6.07 Å². The highest BCUT2D eigenvalue weighted by Gasteiger charge is 2.14. The molecule has 0 unspecified atom stereocenters. The maximum atomic E-state index is 11.2. The molecule has 0 aliphatic heterocycles. The SMILES string of the molecule is CCOC(=O)[C@H](C)CCNC(=O)CCC(=O)O.Cc1ccc(-c2ccccc2)cc1. The van der Waals surface area contributed by atoms with Crippen LogP contribution in [0, 0.1) is 12.8 Å². The predicted octanol–water partition coefficient (Wildman–Crippen LogP) is 4.22. The van der Waals surface area contributed by atoms with Crippen LogP contribution in [0.1, 0.15) is 38.7 Å². The van der Waals surface area contributed by atoms with Gasteiger partial charge in [-0.25, -0.2) is 0 Å². The third-order valence-electron chi connectivity index (χ3n) is 4.31. The number of carboxylic acid groups (broad SMARTS) is 1. The van der Waals surface area contributed by atoms with E-state index in [0.29, 0.717) is 19.6 Å². The van der Waals surface area contributed by atoms with Crippen LogP contribution in [0.4, 0.5) is 0 Å². The van der Waals surface area contributed by atoms with E-state index in [0.717, 1.165) is 0 Å². The lowest BCUT2D eigenvalue weighted by atomic mass is 10.0. The van der Waals surface area contributed by atoms with Crippen LogP contribution in [0.3, 0.4) is 0 Å². The van der Waals surface area contributed by atoms with E-state index in [-0.39, 0.29) is 30.6 Å². The first-order chi connectivity index (χ1) is 14.3. The molecule has 2 aromatic carbocycles. The van der Waals surface area contributed by atoms with Crippen LogP contribution in [0.15, 0.2) is 54.6 Å². The average molecular weight is 414 g/mol. The van der Waals surface area contributed by atoms with Crippen molar-refractivity contribution in [2.75, 3.05) is 13.2 Å². The summed E-state index contributed by atoms with van der Waals surface area (Å²) in [5.41, 5.74) is 3.87. The number of amides is 1. The van der Waals surface area contributed by atoms with Crippen LogP contribution in [-0.2, 0) is 19.1 Å². The predicted molar refractivity (Wildman–Crippen MR) is 117 cm³/mol. The Hall–Kier alpha value is -3.15. The molecule has 0 aliphatic rings. The molecule has 0 aromatic heterocycles. The summed E-state index contributed by atoms with van der Waals surface area (Å²) in [7, 11) is 0. The third kappa shape index (κ3) is 10.4. The average Bonchev–Trinajstić information content (AvgIpc) is 2.74. The molecule has 6 nitrogen and oxygen atoms in total. The van der Waals surface area contributed by atoms with E-state index in [2.05, 4.69) is 60.8 Å². The zero-order valence-electron chi connectivity index (χ0n) is 17.9. The molecule has 2 aromatic rings. The quantitative estimate of drug-likeness (QED) is 0.601. The standard InChI is InChI=1S/C13H12.C11H19NO5/c1-11-7-9-13(10-8-11)12-5-3-2-4-6-12;1-3-17-11(16)8(2)6-7-12-9(13)4-5-10(14)15/h2-10H,1H3;8H,3-7H2,1-2H3,(H,12,13)(H,14,15)/t;8-/m.1/s1. The van der Waals surface area contributed by atoms with E-state index >= 15 is 0 Å². The number of esters is 1. The van der Waals surface area contributed by atoms with Crippen LogP contribution in [0.25, 0.3) is 11.1 Å². The number of ether oxygens (including phenoxy) is 1. The fraction of sp³-hybridized carbons (Fsp3) is 0.375. The van der Waals surface area contributed by atoms with Crippen LogP contribution in [-0.4, -0.2) is 36.1 Å². The highest BCUT2D eigenvalue weighted by atomic mass is 16.5. The first-order valence-electron chi connectivity index (χ1n) is 10.1. The Morgan fingerprint density at radius 2 is 1.57 bits per heavy atom. The number of carboxylic acids is 1. The molecule has 0 heterocycles. The molecule has 2 N–H and O–H groups in total. The monoisotopic (exact) mass is 413 g/mol. The van der Waals surface area contributed by atoms with Gasteiger partial charge in [0.25, 0.3) is 0 Å².